The molecule has 2 aromatic carbocycles. The minimum Gasteiger partial charge on any atom is -0.342 e. The Hall–Kier alpha value is -2.84. The minimum absolute atomic E-state index is 0.0593. The average molecular weight is 500 g/mol. The molecule has 180 valence electrons. The molecule has 34 heavy (non-hydrogen) atoms. The molecule has 2 amide bonds. The fraction of sp³-hybridized carbons (Fsp3) is 0.360. The predicted molar refractivity (Wildman–Crippen MR) is 137 cm³/mol. The van der Waals surface area contributed by atoms with Gasteiger partial charge in [0.05, 0.1) is 22.4 Å². The van der Waals surface area contributed by atoms with Crippen molar-refractivity contribution < 1.29 is 9.59 Å². The lowest BCUT2D eigenvalue weighted by Gasteiger charge is -2.22. The number of nitrogens with zero attached hydrogens (tertiary/aromatic N) is 3. The van der Waals surface area contributed by atoms with E-state index in [0.29, 0.717) is 21.6 Å². The molecule has 3 rings (SSSR count). The van der Waals surface area contributed by atoms with Crippen LogP contribution in [0.3, 0.4) is 0 Å². The van der Waals surface area contributed by atoms with Crippen LogP contribution in [0.15, 0.2) is 47.6 Å². The zero-order valence-electron chi connectivity index (χ0n) is 20.1. The molecule has 2 N–H and O–H groups in total. The maximum atomic E-state index is 12.8. The zero-order chi connectivity index (χ0) is 24.8. The minimum atomic E-state index is -0.372. The smallest absolute Gasteiger partial charge is 0.253 e. The standard InChI is InChI=1S/C25H30ClN5O2S/c1-6-17-11-9-10-16(4)22(17)27-20(32)14-34-25-30-29-23(31(25)5)21(15(2)3)28-24(33)18-12-7-8-13-19(18)26/h7-13,15,21H,6,14H2,1-5H3,(H,27,32)(H,28,33)/t21-/m1/s1. The van der Waals surface area contributed by atoms with E-state index in [0.717, 1.165) is 23.2 Å². The van der Waals surface area contributed by atoms with E-state index in [1.54, 1.807) is 24.3 Å². The second-order valence-electron chi connectivity index (χ2n) is 8.37. The summed E-state index contributed by atoms with van der Waals surface area (Å²) in [4.78, 5) is 25.5. The zero-order valence-corrected chi connectivity index (χ0v) is 21.6. The van der Waals surface area contributed by atoms with Crippen LogP contribution in [-0.4, -0.2) is 32.3 Å². The molecule has 0 saturated heterocycles. The summed E-state index contributed by atoms with van der Waals surface area (Å²) < 4.78 is 1.82. The van der Waals surface area contributed by atoms with Crippen LogP contribution in [0.25, 0.3) is 0 Å². The predicted octanol–water partition coefficient (Wildman–Crippen LogP) is 5.20. The summed E-state index contributed by atoms with van der Waals surface area (Å²) in [6.45, 7) is 8.05. The Kier molecular flexibility index (Phi) is 8.74. The molecule has 1 atom stereocenters. The van der Waals surface area contributed by atoms with Crippen molar-refractivity contribution >= 4 is 40.9 Å². The first-order valence-electron chi connectivity index (χ1n) is 11.2. The molecule has 0 bridgehead atoms. The number of hydrogen-bond donors (Lipinski definition) is 2. The third-order valence-corrected chi connectivity index (χ3v) is 6.91. The fourth-order valence-electron chi connectivity index (χ4n) is 3.62. The van der Waals surface area contributed by atoms with Gasteiger partial charge in [-0.15, -0.1) is 10.2 Å². The van der Waals surface area contributed by atoms with E-state index in [1.807, 2.05) is 50.6 Å². The molecule has 0 aliphatic heterocycles. The maximum absolute atomic E-state index is 12.8. The lowest BCUT2D eigenvalue weighted by Crippen LogP contribution is -2.33. The van der Waals surface area contributed by atoms with Crippen LogP contribution in [0.2, 0.25) is 5.02 Å². The van der Waals surface area contributed by atoms with E-state index in [1.165, 1.54) is 11.8 Å². The van der Waals surface area contributed by atoms with Crippen LogP contribution in [-0.2, 0) is 18.3 Å². The molecule has 0 unspecified atom stereocenters. The van der Waals surface area contributed by atoms with Gasteiger partial charge >= 0.3 is 0 Å². The topological polar surface area (TPSA) is 88.9 Å². The second-order valence-corrected chi connectivity index (χ2v) is 9.72. The number of anilines is 1. The van der Waals surface area contributed by atoms with Gasteiger partial charge in [0.1, 0.15) is 0 Å². The van der Waals surface area contributed by atoms with Gasteiger partial charge in [0.25, 0.3) is 5.91 Å². The number of halogens is 1. The van der Waals surface area contributed by atoms with E-state index >= 15 is 0 Å². The quantitative estimate of drug-likeness (QED) is 0.395. The number of para-hydroxylation sites is 1. The second kappa shape index (κ2) is 11.5. The number of amides is 2. The first kappa shape index (κ1) is 25.8. The third-order valence-electron chi connectivity index (χ3n) is 5.56. The van der Waals surface area contributed by atoms with Crippen molar-refractivity contribution in [2.45, 2.75) is 45.3 Å². The number of nitrogens with one attached hydrogen (secondary N) is 2. The molecule has 0 spiro atoms. The lowest BCUT2D eigenvalue weighted by molar-refractivity contribution is -0.113. The Morgan fingerprint density at radius 3 is 2.53 bits per heavy atom. The molecule has 0 radical (unpaired) electrons. The van der Waals surface area contributed by atoms with Crippen molar-refractivity contribution in [2.75, 3.05) is 11.1 Å². The van der Waals surface area contributed by atoms with Crippen LogP contribution >= 0.6 is 23.4 Å². The van der Waals surface area contributed by atoms with Crippen molar-refractivity contribution in [3.8, 4) is 0 Å². The first-order valence-corrected chi connectivity index (χ1v) is 12.5. The molecule has 0 aliphatic rings. The summed E-state index contributed by atoms with van der Waals surface area (Å²) in [7, 11) is 1.84. The lowest BCUT2D eigenvalue weighted by atomic mass is 10.0. The van der Waals surface area contributed by atoms with E-state index in [4.69, 9.17) is 11.6 Å². The van der Waals surface area contributed by atoms with Gasteiger partial charge in [-0.25, -0.2) is 0 Å². The highest BCUT2D eigenvalue weighted by atomic mass is 35.5. The molecule has 0 saturated carbocycles. The van der Waals surface area contributed by atoms with Crippen LogP contribution < -0.4 is 10.6 Å². The number of benzene rings is 2. The van der Waals surface area contributed by atoms with Crippen molar-refractivity contribution in [2.24, 2.45) is 13.0 Å². The monoisotopic (exact) mass is 499 g/mol. The van der Waals surface area contributed by atoms with Gasteiger partial charge in [0.2, 0.25) is 5.91 Å². The highest BCUT2D eigenvalue weighted by Crippen LogP contribution is 2.26. The summed E-state index contributed by atoms with van der Waals surface area (Å²) in [5, 5.41) is 15.6. The maximum Gasteiger partial charge on any atom is 0.253 e. The number of aryl methyl sites for hydroxylation is 2. The molecule has 7 nitrogen and oxygen atoms in total. The molecular weight excluding hydrogens is 470 g/mol. The Morgan fingerprint density at radius 1 is 1.12 bits per heavy atom. The van der Waals surface area contributed by atoms with Crippen LogP contribution in [0.1, 0.15) is 54.1 Å². The van der Waals surface area contributed by atoms with Crippen LogP contribution in [0, 0.1) is 12.8 Å². The van der Waals surface area contributed by atoms with Crippen LogP contribution in [0.4, 0.5) is 5.69 Å². The van der Waals surface area contributed by atoms with Crippen molar-refractivity contribution in [1.82, 2.24) is 20.1 Å². The van der Waals surface area contributed by atoms with Crippen LogP contribution in [0.5, 0.6) is 0 Å². The Balaban J connectivity index is 1.70. The molecule has 0 fully saturated rings. The third kappa shape index (κ3) is 5.98. The molecule has 0 aliphatic carbocycles. The van der Waals surface area contributed by atoms with Crippen molar-refractivity contribution in [3.05, 3.63) is 70.0 Å². The summed E-state index contributed by atoms with van der Waals surface area (Å²) in [6, 6.07) is 12.6. The Morgan fingerprint density at radius 2 is 1.85 bits per heavy atom. The van der Waals surface area contributed by atoms with E-state index < -0.39 is 0 Å². The van der Waals surface area contributed by atoms with Gasteiger partial charge in [0, 0.05) is 12.7 Å². The van der Waals surface area contributed by atoms with Gasteiger partial charge in [-0.3, -0.25) is 9.59 Å². The summed E-state index contributed by atoms with van der Waals surface area (Å²) in [5.74, 6) is 0.494. The number of thioether (sulfide) groups is 1. The molecule has 9 heteroatoms. The van der Waals surface area contributed by atoms with Gasteiger partial charge < -0.3 is 15.2 Å². The van der Waals surface area contributed by atoms with Crippen molar-refractivity contribution in [3.63, 3.8) is 0 Å². The molecule has 1 heterocycles. The summed E-state index contributed by atoms with van der Waals surface area (Å²) >= 11 is 7.49. The highest BCUT2D eigenvalue weighted by molar-refractivity contribution is 7.99. The number of carbonyl (C=O) groups excluding carboxylic acids is 2. The number of aromatic nitrogens is 3. The van der Waals surface area contributed by atoms with E-state index in [9.17, 15) is 9.59 Å². The van der Waals surface area contributed by atoms with E-state index in [2.05, 4.69) is 27.8 Å². The molecule has 3 aromatic rings. The number of rotatable bonds is 9. The van der Waals surface area contributed by atoms with Gasteiger partial charge in [-0.2, -0.15) is 0 Å². The summed E-state index contributed by atoms with van der Waals surface area (Å²) in [5.41, 5.74) is 3.42. The Bertz CT molecular complexity index is 1180. The highest BCUT2D eigenvalue weighted by Gasteiger charge is 2.26. The molecule has 1 aromatic heterocycles. The number of carbonyl (C=O) groups is 2. The number of hydrogen-bond acceptors (Lipinski definition) is 5. The SMILES string of the molecule is CCc1cccc(C)c1NC(=O)CSc1nnc([C@H](NC(=O)c2ccccc2Cl)C(C)C)n1C. The first-order chi connectivity index (χ1) is 16.2. The van der Waals surface area contributed by atoms with E-state index in [-0.39, 0.29) is 29.5 Å². The van der Waals surface area contributed by atoms with Gasteiger partial charge in [-0.05, 0) is 42.5 Å². The average Bonchev–Trinajstić information content (AvgIpc) is 3.17. The molecular formula is C25H30ClN5O2S. The fourth-order valence-corrected chi connectivity index (χ4v) is 4.56. The van der Waals surface area contributed by atoms with Crippen molar-refractivity contribution in [1.29, 1.82) is 0 Å². The van der Waals surface area contributed by atoms with Gasteiger partial charge in [-0.1, -0.05) is 74.5 Å². The Labute approximate surface area is 209 Å². The largest absolute Gasteiger partial charge is 0.342 e. The van der Waals surface area contributed by atoms with Gasteiger partial charge in [0.15, 0.2) is 11.0 Å². The summed E-state index contributed by atoms with van der Waals surface area (Å²) in [6.07, 6.45) is 0.841. The normalized spacial score (nSPS) is 12.0.